The molecular weight excluding hydrogens is 110 g/mol. The zero-order valence-electron chi connectivity index (χ0n) is 5.52. The van der Waals surface area contributed by atoms with E-state index in [0.717, 1.165) is 16.1 Å². The van der Waals surface area contributed by atoms with Gasteiger partial charge in [0.15, 0.2) is 0 Å². The number of rotatable bonds is 0. The number of hydrogen-bond acceptors (Lipinski definition) is 1. The minimum atomic E-state index is 0.942. The van der Waals surface area contributed by atoms with Gasteiger partial charge in [-0.2, -0.15) is 0 Å². The normalized spacial score (nSPS) is 9.44. The molecule has 1 aromatic heterocycles. The predicted molar refractivity (Wildman–Crippen MR) is 39.3 cm³/mol. The maximum absolute atomic E-state index is 4.04. The molecule has 0 aliphatic carbocycles. The van der Waals surface area contributed by atoms with Crippen LogP contribution in [-0.2, 0) is 0 Å². The fraction of sp³-hybridized carbons (Fsp3) is 0.125. The largest absolute Gasteiger partial charge is 0.261 e. The first kappa shape index (κ1) is 6.02. The van der Waals surface area contributed by atoms with E-state index in [1.165, 1.54) is 0 Å². The second-order valence-electron chi connectivity index (χ2n) is 2.03. The van der Waals surface area contributed by atoms with Crippen molar-refractivity contribution in [2.45, 2.75) is 6.92 Å². The van der Waals surface area contributed by atoms with Crippen LogP contribution in [0.4, 0.5) is 0 Å². The molecule has 0 saturated heterocycles. The van der Waals surface area contributed by atoms with Crippen LogP contribution in [0.2, 0.25) is 0 Å². The van der Waals surface area contributed by atoms with Crippen LogP contribution in [-0.4, -0.2) is 4.98 Å². The third kappa shape index (κ3) is 0.992. The van der Waals surface area contributed by atoms with Gasteiger partial charge in [-0.1, -0.05) is 13.2 Å². The number of pyridine rings is 1. The molecule has 1 nitrogen and oxygen atoms in total. The van der Waals surface area contributed by atoms with Gasteiger partial charge in [-0.3, -0.25) is 4.98 Å². The van der Waals surface area contributed by atoms with Gasteiger partial charge in [-0.25, -0.2) is 0 Å². The Morgan fingerprint density at radius 1 is 1.44 bits per heavy atom. The molecule has 1 heteroatoms. The molecule has 0 spiro atoms. The van der Waals surface area contributed by atoms with Crippen LogP contribution < -0.4 is 10.4 Å². The van der Waals surface area contributed by atoms with Gasteiger partial charge < -0.3 is 0 Å². The standard InChI is InChI=1S/C8H9N/c1-6-4-5-9-8(3)7(6)2/h4-5H,1-2H2,3H3. The third-order valence-corrected chi connectivity index (χ3v) is 1.37. The zero-order chi connectivity index (χ0) is 6.85. The lowest BCUT2D eigenvalue weighted by molar-refractivity contribution is 1.16. The molecule has 1 rings (SSSR count). The molecule has 0 atom stereocenters. The highest BCUT2D eigenvalue weighted by Gasteiger charge is 1.83. The van der Waals surface area contributed by atoms with Crippen LogP contribution in [0.3, 0.4) is 0 Å². The molecule has 0 bridgehead atoms. The maximum atomic E-state index is 4.04. The number of aromatic nitrogens is 1. The molecule has 9 heavy (non-hydrogen) atoms. The summed E-state index contributed by atoms with van der Waals surface area (Å²) in [5, 5.41) is 1.90. The Morgan fingerprint density at radius 2 is 2.11 bits per heavy atom. The van der Waals surface area contributed by atoms with Crippen LogP contribution in [0, 0.1) is 6.92 Å². The summed E-state index contributed by atoms with van der Waals surface area (Å²) in [6.45, 7) is 9.50. The van der Waals surface area contributed by atoms with Crippen molar-refractivity contribution in [2.24, 2.45) is 0 Å². The van der Waals surface area contributed by atoms with E-state index >= 15 is 0 Å². The fourth-order valence-electron chi connectivity index (χ4n) is 0.650. The highest BCUT2D eigenvalue weighted by Crippen LogP contribution is 1.71. The minimum absolute atomic E-state index is 0.942. The summed E-state index contributed by atoms with van der Waals surface area (Å²) in [6, 6.07) is 1.86. The minimum Gasteiger partial charge on any atom is -0.261 e. The summed E-state index contributed by atoms with van der Waals surface area (Å²) in [7, 11) is 0. The lowest BCUT2D eigenvalue weighted by Crippen LogP contribution is -2.24. The predicted octanol–water partition coefficient (Wildman–Crippen LogP) is 0.211. The molecule has 0 aromatic carbocycles. The van der Waals surface area contributed by atoms with E-state index in [1.54, 1.807) is 6.20 Å². The molecule has 0 aliphatic rings. The molecule has 0 radical (unpaired) electrons. The van der Waals surface area contributed by atoms with Gasteiger partial charge in [-0.05, 0) is 23.4 Å². The van der Waals surface area contributed by atoms with Gasteiger partial charge >= 0.3 is 0 Å². The Hall–Kier alpha value is -1.11. The molecule has 0 unspecified atom stereocenters. The summed E-state index contributed by atoms with van der Waals surface area (Å²) < 4.78 is 0. The van der Waals surface area contributed by atoms with Crippen LogP contribution >= 0.6 is 0 Å². The van der Waals surface area contributed by atoms with Gasteiger partial charge in [-0.15, -0.1) is 0 Å². The summed E-state index contributed by atoms with van der Waals surface area (Å²) in [5.74, 6) is 0. The molecule has 0 N–H and O–H groups in total. The van der Waals surface area contributed by atoms with Crippen molar-refractivity contribution < 1.29 is 0 Å². The summed E-state index contributed by atoms with van der Waals surface area (Å²) >= 11 is 0. The lowest BCUT2D eigenvalue weighted by atomic mass is 10.3. The van der Waals surface area contributed by atoms with Crippen molar-refractivity contribution in [1.82, 2.24) is 4.98 Å². The van der Waals surface area contributed by atoms with Crippen molar-refractivity contribution in [2.75, 3.05) is 0 Å². The van der Waals surface area contributed by atoms with Crippen LogP contribution in [0.1, 0.15) is 5.69 Å². The van der Waals surface area contributed by atoms with E-state index in [2.05, 4.69) is 18.1 Å². The SMILES string of the molecule is C=c1ccnc(C)c1=C. The zero-order valence-corrected chi connectivity index (χ0v) is 5.52. The molecule has 1 heterocycles. The third-order valence-electron chi connectivity index (χ3n) is 1.37. The number of aryl methyl sites for hydroxylation is 1. The van der Waals surface area contributed by atoms with Crippen LogP contribution in [0.15, 0.2) is 12.3 Å². The first-order valence-electron chi connectivity index (χ1n) is 2.81. The van der Waals surface area contributed by atoms with E-state index < -0.39 is 0 Å². The van der Waals surface area contributed by atoms with Gasteiger partial charge in [0, 0.05) is 11.9 Å². The molecule has 0 fully saturated rings. The second-order valence-corrected chi connectivity index (χ2v) is 2.03. The monoisotopic (exact) mass is 119 g/mol. The van der Waals surface area contributed by atoms with Crippen molar-refractivity contribution in [3.8, 4) is 0 Å². The molecule has 0 aliphatic heterocycles. The van der Waals surface area contributed by atoms with E-state index in [-0.39, 0.29) is 0 Å². The lowest BCUT2D eigenvalue weighted by Gasteiger charge is -1.89. The Bertz CT molecular complexity index is 301. The van der Waals surface area contributed by atoms with Gasteiger partial charge in [0.05, 0.1) is 0 Å². The van der Waals surface area contributed by atoms with E-state index in [9.17, 15) is 0 Å². The Balaban J connectivity index is 3.63. The number of hydrogen-bond donors (Lipinski definition) is 0. The molecule has 1 aromatic rings. The van der Waals surface area contributed by atoms with Gasteiger partial charge in [0.25, 0.3) is 0 Å². The van der Waals surface area contributed by atoms with Crippen molar-refractivity contribution in [3.05, 3.63) is 28.4 Å². The highest BCUT2D eigenvalue weighted by atomic mass is 14.6. The average Bonchev–Trinajstić information content (AvgIpc) is 1.83. The Labute approximate surface area is 54.4 Å². The Morgan fingerprint density at radius 3 is 2.56 bits per heavy atom. The van der Waals surface area contributed by atoms with E-state index in [4.69, 9.17) is 0 Å². The first-order chi connectivity index (χ1) is 4.22. The molecule has 46 valence electrons. The smallest absolute Gasteiger partial charge is 0.0444 e. The van der Waals surface area contributed by atoms with Crippen molar-refractivity contribution in [3.63, 3.8) is 0 Å². The van der Waals surface area contributed by atoms with Crippen molar-refractivity contribution >= 4 is 13.2 Å². The first-order valence-corrected chi connectivity index (χ1v) is 2.81. The fourth-order valence-corrected chi connectivity index (χ4v) is 0.650. The second kappa shape index (κ2) is 2.02. The Kier molecular flexibility index (Phi) is 1.35. The molecule has 0 amide bonds. The van der Waals surface area contributed by atoms with E-state index in [1.807, 2.05) is 13.0 Å². The topological polar surface area (TPSA) is 12.9 Å². The van der Waals surface area contributed by atoms with Crippen LogP contribution in [0.5, 0.6) is 0 Å². The summed E-state index contributed by atoms with van der Waals surface area (Å²) in [5.41, 5.74) is 0.961. The van der Waals surface area contributed by atoms with Gasteiger partial charge in [0.2, 0.25) is 0 Å². The summed E-state index contributed by atoms with van der Waals surface area (Å²) in [4.78, 5) is 4.04. The van der Waals surface area contributed by atoms with Crippen molar-refractivity contribution in [1.29, 1.82) is 0 Å². The van der Waals surface area contributed by atoms with E-state index in [0.29, 0.717) is 0 Å². The molecule has 0 saturated carbocycles. The summed E-state index contributed by atoms with van der Waals surface area (Å²) in [6.07, 6.45) is 1.74. The number of nitrogens with zero attached hydrogens (tertiary/aromatic N) is 1. The molecular formula is C8H9N. The van der Waals surface area contributed by atoms with Crippen LogP contribution in [0.25, 0.3) is 13.2 Å². The maximum Gasteiger partial charge on any atom is 0.0444 e. The quantitative estimate of drug-likeness (QED) is 0.476. The highest BCUT2D eigenvalue weighted by molar-refractivity contribution is 5.17. The van der Waals surface area contributed by atoms with Gasteiger partial charge in [0.1, 0.15) is 0 Å². The average molecular weight is 119 g/mol.